The van der Waals surface area contributed by atoms with Gasteiger partial charge >= 0.3 is 0 Å². The molecule has 1 atom stereocenters. The third-order valence-corrected chi connectivity index (χ3v) is 7.77. The zero-order chi connectivity index (χ0) is 22.6. The van der Waals surface area contributed by atoms with Crippen LogP contribution in [0.5, 0.6) is 5.75 Å². The smallest absolute Gasteiger partial charge is 0.242 e. The predicted molar refractivity (Wildman–Crippen MR) is 124 cm³/mol. The first-order valence-electron chi connectivity index (χ1n) is 9.92. The molecule has 0 N–H and O–H groups in total. The second-order valence-corrected chi connectivity index (χ2v) is 11.0. The van der Waals surface area contributed by atoms with Gasteiger partial charge in [-0.3, -0.25) is 9.69 Å². The Kier molecular flexibility index (Phi) is 7.40. The molecule has 3 rings (SSSR count). The van der Waals surface area contributed by atoms with Crippen molar-refractivity contribution >= 4 is 38.5 Å². The van der Waals surface area contributed by atoms with Gasteiger partial charge in [-0.15, -0.1) is 0 Å². The van der Waals surface area contributed by atoms with Crippen molar-refractivity contribution in [2.24, 2.45) is 4.99 Å². The summed E-state index contributed by atoms with van der Waals surface area (Å²) in [7, 11) is 1.06. The van der Waals surface area contributed by atoms with Crippen molar-refractivity contribution in [3.8, 4) is 5.75 Å². The number of sulfonamides is 1. The number of thioether (sulfide) groups is 1. The molecular formula is C22H27N3O4S2. The van der Waals surface area contributed by atoms with E-state index in [0.717, 1.165) is 11.3 Å². The summed E-state index contributed by atoms with van der Waals surface area (Å²) in [5, 5.41) is 0.823. The van der Waals surface area contributed by atoms with Gasteiger partial charge in [-0.2, -0.15) is 0 Å². The lowest BCUT2D eigenvalue weighted by atomic mass is 10.1. The molecule has 31 heavy (non-hydrogen) atoms. The van der Waals surface area contributed by atoms with Crippen LogP contribution in [0.1, 0.15) is 18.9 Å². The average Bonchev–Trinajstić information content (AvgIpc) is 3.12. The van der Waals surface area contributed by atoms with E-state index in [1.807, 2.05) is 31.2 Å². The van der Waals surface area contributed by atoms with Gasteiger partial charge in [-0.1, -0.05) is 36.9 Å². The minimum atomic E-state index is -3.55. The number of ether oxygens (including phenoxy) is 1. The van der Waals surface area contributed by atoms with Gasteiger partial charge in [0.1, 0.15) is 5.75 Å². The monoisotopic (exact) mass is 461 g/mol. The van der Waals surface area contributed by atoms with Crippen molar-refractivity contribution in [2.75, 3.05) is 27.7 Å². The molecule has 1 saturated heterocycles. The van der Waals surface area contributed by atoms with Gasteiger partial charge in [0.05, 0.1) is 17.7 Å². The molecule has 0 aromatic heterocycles. The van der Waals surface area contributed by atoms with Crippen LogP contribution in [-0.4, -0.2) is 61.7 Å². The maximum Gasteiger partial charge on any atom is 0.242 e. The molecule has 0 spiro atoms. The molecule has 2 aromatic rings. The zero-order valence-electron chi connectivity index (χ0n) is 18.1. The molecule has 9 heteroatoms. The van der Waals surface area contributed by atoms with Crippen LogP contribution in [-0.2, 0) is 21.2 Å². The molecule has 0 saturated carbocycles. The summed E-state index contributed by atoms with van der Waals surface area (Å²) in [6.07, 6.45) is 0.996. The van der Waals surface area contributed by atoms with Crippen LogP contribution in [0.15, 0.2) is 58.4 Å². The summed E-state index contributed by atoms with van der Waals surface area (Å²) in [4.78, 5) is 19.4. The number of benzene rings is 2. The first kappa shape index (κ1) is 23.3. The SMILES string of the molecule is COc1ccc(CCC(=O)N2CC(C)SC2=Nc2cccc(S(=O)(=O)N(C)C)c2)cc1. The van der Waals surface area contributed by atoms with Crippen LogP contribution in [0.4, 0.5) is 5.69 Å². The number of aryl methyl sites for hydroxylation is 1. The molecule has 166 valence electrons. The Morgan fingerprint density at radius 1 is 1.23 bits per heavy atom. The van der Waals surface area contributed by atoms with Crippen molar-refractivity contribution in [3.05, 3.63) is 54.1 Å². The van der Waals surface area contributed by atoms with Crippen LogP contribution < -0.4 is 4.74 Å². The van der Waals surface area contributed by atoms with Crippen molar-refractivity contribution in [3.63, 3.8) is 0 Å². The number of methoxy groups -OCH3 is 1. The fourth-order valence-corrected chi connectivity index (χ4v) is 5.11. The predicted octanol–water partition coefficient (Wildman–Crippen LogP) is 3.53. The Labute approximate surface area is 188 Å². The number of amidine groups is 1. The largest absolute Gasteiger partial charge is 0.497 e. The number of amides is 1. The Morgan fingerprint density at radius 3 is 2.58 bits per heavy atom. The molecule has 1 aliphatic rings. The molecule has 1 fully saturated rings. The summed E-state index contributed by atoms with van der Waals surface area (Å²) in [5.41, 5.74) is 1.57. The highest BCUT2D eigenvalue weighted by atomic mass is 32.2. The normalized spacial score (nSPS) is 18.0. The van der Waals surface area contributed by atoms with E-state index in [0.29, 0.717) is 30.2 Å². The number of hydrogen-bond acceptors (Lipinski definition) is 6. The fourth-order valence-electron chi connectivity index (χ4n) is 3.12. The van der Waals surface area contributed by atoms with E-state index in [1.165, 1.54) is 36.2 Å². The van der Waals surface area contributed by atoms with Crippen LogP contribution in [0.2, 0.25) is 0 Å². The molecule has 2 aromatic carbocycles. The van der Waals surface area contributed by atoms with E-state index >= 15 is 0 Å². The van der Waals surface area contributed by atoms with Crippen LogP contribution in [0.25, 0.3) is 0 Å². The van der Waals surface area contributed by atoms with Gasteiger partial charge in [0, 0.05) is 32.3 Å². The van der Waals surface area contributed by atoms with E-state index < -0.39 is 10.0 Å². The van der Waals surface area contributed by atoms with E-state index in [-0.39, 0.29) is 16.1 Å². The van der Waals surface area contributed by atoms with Gasteiger partial charge in [0.15, 0.2) is 5.17 Å². The van der Waals surface area contributed by atoms with Crippen LogP contribution in [0.3, 0.4) is 0 Å². The first-order chi connectivity index (χ1) is 14.7. The maximum absolute atomic E-state index is 12.9. The zero-order valence-corrected chi connectivity index (χ0v) is 19.7. The van der Waals surface area contributed by atoms with Gasteiger partial charge in [0.25, 0.3) is 0 Å². The molecule has 0 bridgehead atoms. The number of carbonyl (C=O) groups excluding carboxylic acids is 1. The van der Waals surface area contributed by atoms with E-state index in [1.54, 1.807) is 30.2 Å². The quantitative estimate of drug-likeness (QED) is 0.630. The summed E-state index contributed by atoms with van der Waals surface area (Å²) in [6.45, 7) is 2.63. The lowest BCUT2D eigenvalue weighted by molar-refractivity contribution is -0.127. The third kappa shape index (κ3) is 5.66. The summed E-state index contributed by atoms with van der Waals surface area (Å²) in [6, 6.07) is 14.2. The highest BCUT2D eigenvalue weighted by Gasteiger charge is 2.30. The first-order valence-corrected chi connectivity index (χ1v) is 12.2. The van der Waals surface area contributed by atoms with Crippen molar-refractivity contribution in [1.29, 1.82) is 0 Å². The number of nitrogens with zero attached hydrogens (tertiary/aromatic N) is 3. The standard InChI is InChI=1S/C22H27N3O4S2/c1-16-15-25(21(26)13-10-17-8-11-19(29-4)12-9-17)22(30-16)23-18-6-5-7-20(14-18)31(27,28)24(2)3/h5-9,11-12,14,16H,10,13,15H2,1-4H3. The highest BCUT2D eigenvalue weighted by molar-refractivity contribution is 8.14. The molecular weight excluding hydrogens is 434 g/mol. The minimum Gasteiger partial charge on any atom is -0.497 e. The maximum atomic E-state index is 12.9. The lowest BCUT2D eigenvalue weighted by Gasteiger charge is -2.16. The number of rotatable bonds is 7. The number of hydrogen-bond donors (Lipinski definition) is 0. The highest BCUT2D eigenvalue weighted by Crippen LogP contribution is 2.30. The Morgan fingerprint density at radius 2 is 1.94 bits per heavy atom. The van der Waals surface area contributed by atoms with Crippen molar-refractivity contribution in [1.82, 2.24) is 9.21 Å². The van der Waals surface area contributed by atoms with Crippen molar-refractivity contribution < 1.29 is 17.9 Å². The third-order valence-electron chi connectivity index (χ3n) is 4.89. The van der Waals surface area contributed by atoms with Gasteiger partial charge in [0.2, 0.25) is 15.9 Å². The summed E-state index contributed by atoms with van der Waals surface area (Å²) >= 11 is 1.52. The Hall–Kier alpha value is -2.36. The molecule has 0 aliphatic carbocycles. The van der Waals surface area contributed by atoms with E-state index in [2.05, 4.69) is 4.99 Å². The van der Waals surface area contributed by atoms with Crippen LogP contribution >= 0.6 is 11.8 Å². The summed E-state index contributed by atoms with van der Waals surface area (Å²) < 4.78 is 31.1. The van der Waals surface area contributed by atoms with Gasteiger partial charge in [-0.25, -0.2) is 17.7 Å². The number of aliphatic imine (C=N–C) groups is 1. The summed E-state index contributed by atoms with van der Waals surface area (Å²) in [5.74, 6) is 0.788. The molecule has 1 amide bonds. The van der Waals surface area contributed by atoms with E-state index in [4.69, 9.17) is 4.74 Å². The Bertz CT molecular complexity index is 1070. The fraction of sp³-hybridized carbons (Fsp3) is 0.364. The molecule has 7 nitrogen and oxygen atoms in total. The van der Waals surface area contributed by atoms with Gasteiger partial charge < -0.3 is 4.74 Å². The van der Waals surface area contributed by atoms with Crippen molar-refractivity contribution in [2.45, 2.75) is 29.9 Å². The second-order valence-electron chi connectivity index (χ2n) is 7.46. The molecule has 0 radical (unpaired) electrons. The van der Waals surface area contributed by atoms with Gasteiger partial charge in [-0.05, 0) is 42.3 Å². The average molecular weight is 462 g/mol. The molecule has 1 unspecified atom stereocenters. The topological polar surface area (TPSA) is 79.3 Å². The van der Waals surface area contributed by atoms with E-state index in [9.17, 15) is 13.2 Å². The number of carbonyl (C=O) groups is 1. The Balaban J connectivity index is 1.76. The minimum absolute atomic E-state index is 0.00323. The molecule has 1 aliphatic heterocycles. The van der Waals surface area contributed by atoms with Crippen LogP contribution in [0, 0.1) is 0 Å². The molecule has 1 heterocycles. The lowest BCUT2D eigenvalue weighted by Crippen LogP contribution is -2.32. The second kappa shape index (κ2) is 9.84.